The summed E-state index contributed by atoms with van der Waals surface area (Å²) in [6.07, 6.45) is 1.69. The number of amides is 1. The van der Waals surface area contributed by atoms with Crippen LogP contribution in [-0.2, 0) is 5.75 Å². The molecule has 4 aromatic rings. The smallest absolute Gasteiger partial charge is 0.258 e. The van der Waals surface area contributed by atoms with Gasteiger partial charge in [0.15, 0.2) is 0 Å². The highest BCUT2D eigenvalue weighted by Gasteiger charge is 2.16. The van der Waals surface area contributed by atoms with Gasteiger partial charge in [0.2, 0.25) is 0 Å². The van der Waals surface area contributed by atoms with Crippen molar-refractivity contribution in [2.45, 2.75) is 31.6 Å². The Morgan fingerprint density at radius 2 is 1.97 bits per heavy atom. The highest BCUT2D eigenvalue weighted by atomic mass is 32.2. The molecule has 1 N–H and O–H groups in total. The Hall–Kier alpha value is -2.97. The third-order valence-electron chi connectivity index (χ3n) is 4.61. The van der Waals surface area contributed by atoms with Crippen LogP contribution in [0.15, 0.2) is 57.5 Å². The van der Waals surface area contributed by atoms with Crippen LogP contribution in [-0.4, -0.2) is 21.0 Å². The minimum atomic E-state index is -0.193. The first-order valence-corrected chi connectivity index (χ1v) is 11.2. The van der Waals surface area contributed by atoms with E-state index < -0.39 is 0 Å². The molecule has 0 unspecified atom stereocenters. The van der Waals surface area contributed by atoms with Crippen molar-refractivity contribution in [1.29, 1.82) is 0 Å². The van der Waals surface area contributed by atoms with Crippen LogP contribution in [0.5, 0.6) is 0 Å². The van der Waals surface area contributed by atoms with E-state index in [1.54, 1.807) is 29.7 Å². The van der Waals surface area contributed by atoms with Crippen LogP contribution in [0.1, 0.15) is 32.4 Å². The molecule has 30 heavy (non-hydrogen) atoms. The van der Waals surface area contributed by atoms with Gasteiger partial charge in [-0.25, -0.2) is 9.97 Å². The molecule has 0 bridgehead atoms. The van der Waals surface area contributed by atoms with Gasteiger partial charge in [-0.05, 0) is 45.0 Å². The summed E-state index contributed by atoms with van der Waals surface area (Å²) in [5.74, 6) is 1.24. The summed E-state index contributed by atoms with van der Waals surface area (Å²) < 4.78 is 5.22. The highest BCUT2D eigenvalue weighted by Crippen LogP contribution is 2.28. The molecule has 0 radical (unpaired) electrons. The summed E-state index contributed by atoms with van der Waals surface area (Å²) in [7, 11) is 0. The molecular formula is C22H20N4O2S2. The number of pyridine rings is 1. The molecule has 0 atom stereocenters. The maximum Gasteiger partial charge on any atom is 0.258 e. The molecule has 0 spiro atoms. The maximum absolute atomic E-state index is 12.9. The Morgan fingerprint density at radius 1 is 1.17 bits per heavy atom. The molecule has 4 rings (SSSR count). The molecular weight excluding hydrogens is 416 g/mol. The van der Waals surface area contributed by atoms with Gasteiger partial charge in [-0.2, -0.15) is 0 Å². The minimum absolute atomic E-state index is 0.193. The second-order valence-electron chi connectivity index (χ2n) is 6.73. The number of carbonyl (C=O) groups is 1. The van der Waals surface area contributed by atoms with Gasteiger partial charge in [0.1, 0.15) is 10.8 Å². The number of aromatic nitrogens is 3. The fourth-order valence-electron chi connectivity index (χ4n) is 2.95. The van der Waals surface area contributed by atoms with Gasteiger partial charge in [-0.1, -0.05) is 17.3 Å². The zero-order valence-electron chi connectivity index (χ0n) is 16.8. The SMILES string of the molecule is Cc1nc(-c2ccc(NC(=O)c3cccnc3SCc3c(C)noc3C)cc2)cs1. The average Bonchev–Trinajstić information content (AvgIpc) is 3.32. The van der Waals surface area contributed by atoms with Crippen molar-refractivity contribution in [1.82, 2.24) is 15.1 Å². The third kappa shape index (κ3) is 4.44. The van der Waals surface area contributed by atoms with Crippen LogP contribution in [0.25, 0.3) is 11.3 Å². The molecule has 1 amide bonds. The lowest BCUT2D eigenvalue weighted by molar-refractivity contribution is 0.102. The summed E-state index contributed by atoms with van der Waals surface area (Å²) >= 11 is 3.11. The second-order valence-corrected chi connectivity index (χ2v) is 8.76. The Balaban J connectivity index is 1.47. The number of thiazole rings is 1. The maximum atomic E-state index is 12.9. The summed E-state index contributed by atoms with van der Waals surface area (Å²) in [5.41, 5.74) is 5.12. The Bertz CT molecular complexity index is 1160. The zero-order valence-corrected chi connectivity index (χ0v) is 18.4. The van der Waals surface area contributed by atoms with Crippen LogP contribution in [0.2, 0.25) is 0 Å². The summed E-state index contributed by atoms with van der Waals surface area (Å²) in [4.78, 5) is 21.8. The molecule has 0 aliphatic carbocycles. The van der Waals surface area contributed by atoms with E-state index in [2.05, 4.69) is 20.4 Å². The van der Waals surface area contributed by atoms with Gasteiger partial charge in [0.25, 0.3) is 5.91 Å². The Morgan fingerprint density at radius 3 is 2.63 bits per heavy atom. The number of nitrogens with zero attached hydrogens (tertiary/aromatic N) is 3. The molecule has 0 saturated heterocycles. The summed E-state index contributed by atoms with van der Waals surface area (Å²) in [5, 5.41) is 10.7. The van der Waals surface area contributed by atoms with Gasteiger partial charge in [-0.15, -0.1) is 23.1 Å². The van der Waals surface area contributed by atoms with Crippen LogP contribution >= 0.6 is 23.1 Å². The van der Waals surface area contributed by atoms with Crippen LogP contribution in [0.3, 0.4) is 0 Å². The average molecular weight is 437 g/mol. The third-order valence-corrected chi connectivity index (χ3v) is 6.41. The Labute approximate surface area is 182 Å². The molecule has 0 aliphatic rings. The molecule has 152 valence electrons. The molecule has 3 heterocycles. The number of nitrogens with one attached hydrogen (secondary N) is 1. The standard InChI is InChI=1S/C22H20N4O2S2/c1-13-19(14(2)28-26-13)11-30-22-18(5-4-10-23-22)21(27)25-17-8-6-16(7-9-17)20-12-29-15(3)24-20/h4-10,12H,11H2,1-3H3,(H,25,27). The molecule has 1 aromatic carbocycles. The first kappa shape index (κ1) is 20.3. The largest absolute Gasteiger partial charge is 0.361 e. The van der Waals surface area contributed by atoms with Gasteiger partial charge >= 0.3 is 0 Å². The number of carbonyl (C=O) groups excluding carboxylic acids is 1. The number of benzene rings is 1. The molecule has 0 fully saturated rings. The van der Waals surface area contributed by atoms with Crippen molar-refractivity contribution in [2.75, 3.05) is 5.32 Å². The summed E-state index contributed by atoms with van der Waals surface area (Å²) in [6.45, 7) is 5.78. The van der Waals surface area contributed by atoms with Crippen LogP contribution in [0.4, 0.5) is 5.69 Å². The normalized spacial score (nSPS) is 10.9. The van der Waals surface area contributed by atoms with Crippen LogP contribution < -0.4 is 5.32 Å². The number of rotatable bonds is 6. The highest BCUT2D eigenvalue weighted by molar-refractivity contribution is 7.98. The van der Waals surface area contributed by atoms with E-state index >= 15 is 0 Å². The van der Waals surface area contributed by atoms with Crippen molar-refractivity contribution in [2.24, 2.45) is 0 Å². The minimum Gasteiger partial charge on any atom is -0.361 e. The molecule has 3 aromatic heterocycles. The number of hydrogen-bond donors (Lipinski definition) is 1. The lowest BCUT2D eigenvalue weighted by Crippen LogP contribution is -2.13. The monoisotopic (exact) mass is 436 g/mol. The quantitative estimate of drug-likeness (QED) is 0.393. The van der Waals surface area contributed by atoms with Gasteiger partial charge in [-0.3, -0.25) is 4.79 Å². The van der Waals surface area contributed by atoms with E-state index in [9.17, 15) is 4.79 Å². The number of anilines is 1. The molecule has 0 aliphatic heterocycles. The van der Waals surface area contributed by atoms with Crippen LogP contribution in [0, 0.1) is 20.8 Å². The first-order chi connectivity index (χ1) is 14.5. The van der Waals surface area contributed by atoms with Gasteiger partial charge < -0.3 is 9.84 Å². The summed E-state index contributed by atoms with van der Waals surface area (Å²) in [6, 6.07) is 11.2. The number of aryl methyl sites for hydroxylation is 3. The van der Waals surface area contributed by atoms with E-state index in [4.69, 9.17) is 4.52 Å². The van der Waals surface area contributed by atoms with E-state index in [0.29, 0.717) is 16.3 Å². The first-order valence-electron chi connectivity index (χ1n) is 9.35. The van der Waals surface area contributed by atoms with Crippen molar-refractivity contribution < 1.29 is 9.32 Å². The number of thioether (sulfide) groups is 1. The zero-order chi connectivity index (χ0) is 21.1. The van der Waals surface area contributed by atoms with E-state index in [1.807, 2.05) is 50.4 Å². The molecule has 8 heteroatoms. The van der Waals surface area contributed by atoms with E-state index in [1.165, 1.54) is 11.8 Å². The number of hydrogen-bond acceptors (Lipinski definition) is 7. The van der Waals surface area contributed by atoms with Crippen molar-refractivity contribution in [3.63, 3.8) is 0 Å². The Kier molecular flexibility index (Phi) is 5.96. The fourth-order valence-corrected chi connectivity index (χ4v) is 4.71. The molecule has 6 nitrogen and oxygen atoms in total. The van der Waals surface area contributed by atoms with Crippen molar-refractivity contribution in [3.05, 3.63) is 75.6 Å². The van der Waals surface area contributed by atoms with Crippen molar-refractivity contribution >= 4 is 34.7 Å². The van der Waals surface area contributed by atoms with E-state index in [0.717, 1.165) is 39.0 Å². The predicted octanol–water partition coefficient (Wildman–Crippen LogP) is 5.66. The lowest BCUT2D eigenvalue weighted by atomic mass is 10.1. The second kappa shape index (κ2) is 8.81. The fraction of sp³-hybridized carbons (Fsp3) is 0.182. The predicted molar refractivity (Wildman–Crippen MR) is 120 cm³/mol. The molecule has 0 saturated carbocycles. The van der Waals surface area contributed by atoms with Crippen molar-refractivity contribution in [3.8, 4) is 11.3 Å². The van der Waals surface area contributed by atoms with E-state index in [-0.39, 0.29) is 5.91 Å². The van der Waals surface area contributed by atoms with Gasteiger partial charge in [0, 0.05) is 34.1 Å². The van der Waals surface area contributed by atoms with Gasteiger partial charge in [0.05, 0.1) is 22.0 Å². The topological polar surface area (TPSA) is 80.9 Å². The lowest BCUT2D eigenvalue weighted by Gasteiger charge is -2.09.